The number of hydrogen-bond donors (Lipinski definition) is 3. The smallest absolute Gasteiger partial charge is 0.251 e. The standard InChI is InChI=1S/C26H32FN3O4S/c1-5-21(31)16-9-10-18(20(27)13-16)22-14-19(24(28)32)25(35-22)30-23-8-6-7-17(29-23)15-34-12-11-26(2,3)33-4/h6-10,13-14,21,31H,5,11-12,15H2,1-4H3,(H2,28,32)(H,29,30). The zero-order valence-electron chi connectivity index (χ0n) is 20.4. The number of pyridine rings is 1. The van der Waals surface area contributed by atoms with Crippen LogP contribution in [0.25, 0.3) is 10.4 Å². The number of rotatable bonds is 12. The molecule has 0 bridgehead atoms. The Kier molecular flexibility index (Phi) is 8.96. The van der Waals surface area contributed by atoms with E-state index in [0.717, 1.165) is 12.1 Å². The zero-order chi connectivity index (χ0) is 25.6. The van der Waals surface area contributed by atoms with E-state index in [1.54, 1.807) is 31.4 Å². The lowest BCUT2D eigenvalue weighted by atomic mass is 10.0. The van der Waals surface area contributed by atoms with Crippen molar-refractivity contribution in [3.63, 3.8) is 0 Å². The van der Waals surface area contributed by atoms with Crippen LogP contribution in [0.3, 0.4) is 0 Å². The average Bonchev–Trinajstić information content (AvgIpc) is 3.25. The van der Waals surface area contributed by atoms with Crippen molar-refractivity contribution in [2.24, 2.45) is 5.73 Å². The minimum absolute atomic E-state index is 0.243. The van der Waals surface area contributed by atoms with Crippen LogP contribution in [0.2, 0.25) is 0 Å². The fraction of sp³-hybridized carbons (Fsp3) is 0.385. The Balaban J connectivity index is 1.76. The Bertz CT molecular complexity index is 1170. The number of aliphatic hydroxyl groups is 1. The van der Waals surface area contributed by atoms with Gasteiger partial charge in [-0.25, -0.2) is 9.37 Å². The molecule has 2 aromatic heterocycles. The lowest BCUT2D eigenvalue weighted by Gasteiger charge is -2.22. The van der Waals surface area contributed by atoms with Gasteiger partial charge in [0.2, 0.25) is 0 Å². The molecule has 1 atom stereocenters. The maximum Gasteiger partial charge on any atom is 0.251 e. The van der Waals surface area contributed by atoms with Crippen molar-refractivity contribution in [2.45, 2.75) is 51.9 Å². The van der Waals surface area contributed by atoms with Gasteiger partial charge in [0.1, 0.15) is 16.6 Å². The third-order valence-corrected chi connectivity index (χ3v) is 6.81. The molecule has 35 heavy (non-hydrogen) atoms. The summed E-state index contributed by atoms with van der Waals surface area (Å²) in [5, 5.41) is 13.6. The highest BCUT2D eigenvalue weighted by Crippen LogP contribution is 2.38. The van der Waals surface area contributed by atoms with E-state index in [1.807, 2.05) is 32.9 Å². The first kappa shape index (κ1) is 26.7. The number of primary amides is 1. The number of amides is 1. The van der Waals surface area contributed by atoms with Gasteiger partial charge < -0.3 is 25.6 Å². The molecule has 1 amide bonds. The number of nitrogens with two attached hydrogens (primary N) is 1. The van der Waals surface area contributed by atoms with Crippen LogP contribution in [0.15, 0.2) is 42.5 Å². The van der Waals surface area contributed by atoms with E-state index in [-0.39, 0.29) is 11.2 Å². The van der Waals surface area contributed by atoms with Crippen molar-refractivity contribution in [1.29, 1.82) is 0 Å². The van der Waals surface area contributed by atoms with Crippen molar-refractivity contribution >= 4 is 28.1 Å². The van der Waals surface area contributed by atoms with Crippen LogP contribution in [-0.2, 0) is 16.1 Å². The minimum Gasteiger partial charge on any atom is -0.388 e. The highest BCUT2D eigenvalue weighted by atomic mass is 32.1. The van der Waals surface area contributed by atoms with E-state index in [2.05, 4.69) is 10.3 Å². The predicted molar refractivity (Wildman–Crippen MR) is 136 cm³/mol. The summed E-state index contributed by atoms with van der Waals surface area (Å²) in [6, 6.07) is 11.6. The number of carbonyl (C=O) groups excluding carboxylic acids is 1. The van der Waals surface area contributed by atoms with E-state index in [4.69, 9.17) is 15.2 Å². The van der Waals surface area contributed by atoms with E-state index < -0.39 is 17.8 Å². The summed E-state index contributed by atoms with van der Waals surface area (Å²) in [6.45, 7) is 6.68. The Morgan fingerprint density at radius 2 is 2.06 bits per heavy atom. The van der Waals surface area contributed by atoms with Gasteiger partial charge in [0, 0.05) is 24.2 Å². The van der Waals surface area contributed by atoms with Gasteiger partial charge >= 0.3 is 0 Å². The molecule has 0 saturated heterocycles. The molecule has 3 aromatic rings. The monoisotopic (exact) mass is 501 g/mol. The number of benzene rings is 1. The fourth-order valence-corrected chi connectivity index (χ4v) is 4.41. The first-order chi connectivity index (χ1) is 16.6. The molecule has 0 spiro atoms. The molecular weight excluding hydrogens is 469 g/mol. The molecule has 7 nitrogen and oxygen atoms in total. The Labute approximate surface area is 209 Å². The molecule has 0 saturated carbocycles. The van der Waals surface area contributed by atoms with E-state index in [0.29, 0.717) is 46.5 Å². The summed E-state index contributed by atoms with van der Waals surface area (Å²) >= 11 is 1.20. The second-order valence-corrected chi connectivity index (χ2v) is 9.84. The molecule has 3 rings (SSSR count). The minimum atomic E-state index is -0.728. The first-order valence-corrected chi connectivity index (χ1v) is 12.2. The average molecular weight is 502 g/mol. The SMILES string of the molecule is CCC(O)c1ccc(-c2cc(C(N)=O)c(Nc3cccc(COCCC(C)(C)OC)n3)s2)c(F)c1. The number of nitrogens with one attached hydrogen (secondary N) is 1. The van der Waals surface area contributed by atoms with E-state index in [9.17, 15) is 14.3 Å². The molecule has 188 valence electrons. The van der Waals surface area contributed by atoms with Gasteiger partial charge in [0.05, 0.1) is 29.6 Å². The maximum absolute atomic E-state index is 14.8. The quantitative estimate of drug-likeness (QED) is 0.280. The molecule has 9 heteroatoms. The van der Waals surface area contributed by atoms with Crippen LogP contribution >= 0.6 is 11.3 Å². The summed E-state index contributed by atoms with van der Waals surface area (Å²) in [4.78, 5) is 17.2. The van der Waals surface area contributed by atoms with Crippen molar-refractivity contribution in [1.82, 2.24) is 4.98 Å². The van der Waals surface area contributed by atoms with Gasteiger partial charge in [0.25, 0.3) is 5.91 Å². The molecule has 1 unspecified atom stereocenters. The summed E-state index contributed by atoms with van der Waals surface area (Å²) in [5.41, 5.74) is 7.13. The van der Waals surface area contributed by atoms with Crippen molar-refractivity contribution in [3.05, 3.63) is 65.1 Å². The van der Waals surface area contributed by atoms with E-state index in [1.165, 1.54) is 17.4 Å². The van der Waals surface area contributed by atoms with Gasteiger partial charge in [0.15, 0.2) is 0 Å². The Morgan fingerprint density at radius 3 is 2.71 bits per heavy atom. The van der Waals surface area contributed by atoms with Gasteiger partial charge in [-0.3, -0.25) is 4.79 Å². The molecule has 1 aromatic carbocycles. The summed E-state index contributed by atoms with van der Waals surface area (Å²) < 4.78 is 25.9. The van der Waals surface area contributed by atoms with Crippen LogP contribution in [-0.4, -0.2) is 35.3 Å². The normalized spacial score (nSPS) is 12.5. The van der Waals surface area contributed by atoms with Crippen LogP contribution in [0.4, 0.5) is 15.2 Å². The molecular formula is C26H32FN3O4S. The first-order valence-electron chi connectivity index (χ1n) is 11.4. The topological polar surface area (TPSA) is 107 Å². The second-order valence-electron chi connectivity index (χ2n) is 8.79. The Hall–Kier alpha value is -2.85. The highest BCUT2D eigenvalue weighted by Gasteiger charge is 2.19. The fourth-order valence-electron chi connectivity index (χ4n) is 3.32. The van der Waals surface area contributed by atoms with Crippen LogP contribution in [0.5, 0.6) is 0 Å². The molecule has 4 N–H and O–H groups in total. The summed E-state index contributed by atoms with van der Waals surface area (Å²) in [6.07, 6.45) is 0.505. The molecule has 2 heterocycles. The molecule has 0 radical (unpaired) electrons. The molecule has 0 aliphatic rings. The van der Waals surface area contributed by atoms with E-state index >= 15 is 0 Å². The zero-order valence-corrected chi connectivity index (χ0v) is 21.2. The second kappa shape index (κ2) is 11.7. The lowest BCUT2D eigenvalue weighted by molar-refractivity contribution is -0.0128. The summed E-state index contributed by atoms with van der Waals surface area (Å²) in [7, 11) is 1.67. The number of carbonyl (C=O) groups is 1. The van der Waals surface area contributed by atoms with Gasteiger partial charge in [-0.1, -0.05) is 25.1 Å². The number of aromatic nitrogens is 1. The predicted octanol–water partition coefficient (Wildman–Crippen LogP) is 5.57. The third-order valence-electron chi connectivity index (χ3n) is 5.73. The number of aliphatic hydroxyl groups excluding tert-OH is 1. The number of ether oxygens (including phenoxy) is 2. The highest BCUT2D eigenvalue weighted by molar-refractivity contribution is 7.19. The number of thiophene rings is 1. The molecule has 0 aliphatic heterocycles. The number of anilines is 2. The Morgan fingerprint density at radius 1 is 1.29 bits per heavy atom. The molecule has 0 fully saturated rings. The summed E-state index contributed by atoms with van der Waals surface area (Å²) in [5.74, 6) is -0.595. The largest absolute Gasteiger partial charge is 0.388 e. The van der Waals surface area contributed by atoms with Crippen LogP contribution in [0.1, 0.15) is 61.3 Å². The molecule has 0 aliphatic carbocycles. The van der Waals surface area contributed by atoms with Gasteiger partial charge in [-0.15, -0.1) is 11.3 Å². The maximum atomic E-state index is 14.8. The van der Waals surface area contributed by atoms with Crippen molar-refractivity contribution in [2.75, 3.05) is 19.0 Å². The lowest BCUT2D eigenvalue weighted by Crippen LogP contribution is -2.24. The van der Waals surface area contributed by atoms with Crippen molar-refractivity contribution < 1.29 is 23.8 Å². The van der Waals surface area contributed by atoms with Gasteiger partial charge in [-0.05, 0) is 56.5 Å². The van der Waals surface area contributed by atoms with Crippen LogP contribution in [0, 0.1) is 5.82 Å². The van der Waals surface area contributed by atoms with Crippen molar-refractivity contribution in [3.8, 4) is 10.4 Å². The number of nitrogens with zero attached hydrogens (tertiary/aromatic N) is 1. The number of methoxy groups -OCH3 is 1. The van der Waals surface area contributed by atoms with Gasteiger partial charge in [-0.2, -0.15) is 0 Å². The van der Waals surface area contributed by atoms with Crippen LogP contribution < -0.4 is 11.1 Å². The number of halogens is 1. The third kappa shape index (κ3) is 7.08. The number of hydrogen-bond acceptors (Lipinski definition) is 7.